The van der Waals surface area contributed by atoms with Crippen LogP contribution in [0.15, 0.2) is 66.7 Å². The molecule has 0 bridgehead atoms. The highest BCUT2D eigenvalue weighted by Gasteiger charge is 2.36. The van der Waals surface area contributed by atoms with E-state index in [1.165, 1.54) is 22.6 Å². The number of fused-ring (bicyclic) bond motifs is 1. The minimum atomic E-state index is -4.46. The maximum atomic E-state index is 13.5. The van der Waals surface area contributed by atoms with E-state index in [0.717, 1.165) is 23.3 Å². The topological polar surface area (TPSA) is 66.8 Å². The summed E-state index contributed by atoms with van der Waals surface area (Å²) in [6.45, 7) is 8.46. The van der Waals surface area contributed by atoms with Crippen LogP contribution < -0.4 is 4.74 Å². The van der Waals surface area contributed by atoms with E-state index in [2.05, 4.69) is 45.0 Å². The molecule has 3 aromatic rings. The number of carbonyl (C=O) groups excluding carboxylic acids is 1. The lowest BCUT2D eigenvalue weighted by Gasteiger charge is -2.25. The number of carboxylic acids is 1. The van der Waals surface area contributed by atoms with Gasteiger partial charge in [-0.25, -0.2) is 0 Å². The number of halogens is 3. The summed E-state index contributed by atoms with van der Waals surface area (Å²) >= 11 is 0. The molecule has 0 saturated heterocycles. The van der Waals surface area contributed by atoms with Crippen LogP contribution in [0.5, 0.6) is 5.75 Å². The Bertz CT molecular complexity index is 1380. The van der Waals surface area contributed by atoms with Crippen LogP contribution in [-0.4, -0.2) is 34.0 Å². The smallest absolute Gasteiger partial charge is 0.416 e. The van der Waals surface area contributed by atoms with Crippen LogP contribution in [-0.2, 0) is 35.8 Å². The average molecular weight is 554 g/mol. The predicted molar refractivity (Wildman–Crippen MR) is 146 cm³/mol. The Morgan fingerprint density at radius 3 is 2.10 bits per heavy atom. The predicted octanol–water partition coefficient (Wildman–Crippen LogP) is 7.06. The quantitative estimate of drug-likeness (QED) is 0.324. The zero-order valence-corrected chi connectivity index (χ0v) is 23.1. The molecule has 0 radical (unpaired) electrons. The lowest BCUT2D eigenvalue weighted by molar-refractivity contribution is -0.138. The number of amides is 1. The second-order valence-corrected chi connectivity index (χ2v) is 11.7. The molecule has 1 atom stereocenters. The van der Waals surface area contributed by atoms with Crippen molar-refractivity contribution in [1.82, 2.24) is 4.90 Å². The van der Waals surface area contributed by atoms with Gasteiger partial charge in [0, 0.05) is 31.5 Å². The highest BCUT2D eigenvalue weighted by atomic mass is 19.4. The van der Waals surface area contributed by atoms with E-state index in [0.29, 0.717) is 29.7 Å². The molecule has 40 heavy (non-hydrogen) atoms. The normalized spacial score (nSPS) is 16.8. The molecular weight excluding hydrogens is 519 g/mol. The SMILES string of the molecule is CC(C)(C)c1ccc(C[C@@]2(C)Cc3cc(C(=O)N(CCC(=O)O)Cc4ccc(C(F)(F)F)cc4)ccc3O2)cc1. The number of ether oxygens (including phenoxy) is 1. The van der Waals surface area contributed by atoms with Gasteiger partial charge in [-0.05, 0) is 64.9 Å². The molecule has 8 heteroatoms. The molecule has 1 amide bonds. The minimum absolute atomic E-state index is 0.0138. The molecule has 212 valence electrons. The van der Waals surface area contributed by atoms with Crippen molar-refractivity contribution in [3.63, 3.8) is 0 Å². The highest BCUT2D eigenvalue weighted by molar-refractivity contribution is 5.95. The van der Waals surface area contributed by atoms with Gasteiger partial charge in [0.05, 0.1) is 12.0 Å². The maximum absolute atomic E-state index is 13.5. The average Bonchev–Trinajstić information content (AvgIpc) is 3.20. The Hall–Kier alpha value is -3.81. The van der Waals surface area contributed by atoms with Crippen molar-refractivity contribution in [2.24, 2.45) is 0 Å². The van der Waals surface area contributed by atoms with Gasteiger partial charge in [-0.2, -0.15) is 13.2 Å². The third-order valence-electron chi connectivity index (χ3n) is 7.16. The van der Waals surface area contributed by atoms with Crippen molar-refractivity contribution in [2.45, 2.75) is 70.7 Å². The maximum Gasteiger partial charge on any atom is 0.416 e. The second-order valence-electron chi connectivity index (χ2n) is 11.7. The monoisotopic (exact) mass is 553 g/mol. The number of benzene rings is 3. The van der Waals surface area contributed by atoms with Gasteiger partial charge in [-0.15, -0.1) is 0 Å². The Morgan fingerprint density at radius 2 is 1.52 bits per heavy atom. The number of hydrogen-bond acceptors (Lipinski definition) is 3. The fourth-order valence-corrected chi connectivity index (χ4v) is 4.99. The van der Waals surface area contributed by atoms with E-state index in [1.807, 2.05) is 6.92 Å². The number of hydrogen-bond donors (Lipinski definition) is 1. The van der Waals surface area contributed by atoms with Crippen LogP contribution in [0.1, 0.15) is 72.3 Å². The number of alkyl halides is 3. The van der Waals surface area contributed by atoms with Crippen LogP contribution in [0.2, 0.25) is 0 Å². The van der Waals surface area contributed by atoms with Gasteiger partial charge in [0.25, 0.3) is 5.91 Å². The molecule has 0 spiro atoms. The molecule has 0 aliphatic carbocycles. The summed E-state index contributed by atoms with van der Waals surface area (Å²) in [6.07, 6.45) is -3.47. The van der Waals surface area contributed by atoms with E-state index in [1.54, 1.807) is 18.2 Å². The van der Waals surface area contributed by atoms with Crippen molar-refractivity contribution >= 4 is 11.9 Å². The van der Waals surface area contributed by atoms with Crippen molar-refractivity contribution in [3.05, 3.63) is 100 Å². The molecule has 1 aliphatic rings. The van der Waals surface area contributed by atoms with E-state index in [4.69, 9.17) is 4.74 Å². The van der Waals surface area contributed by atoms with Gasteiger partial charge in [-0.3, -0.25) is 9.59 Å². The van der Waals surface area contributed by atoms with Crippen molar-refractivity contribution < 1.29 is 32.6 Å². The Labute approximate surface area is 232 Å². The zero-order valence-electron chi connectivity index (χ0n) is 23.1. The van der Waals surface area contributed by atoms with Crippen LogP contribution in [0, 0.1) is 0 Å². The first-order valence-electron chi connectivity index (χ1n) is 13.2. The summed E-state index contributed by atoms with van der Waals surface area (Å²) in [5.41, 5.74) is 2.92. The Balaban J connectivity index is 1.49. The summed E-state index contributed by atoms with van der Waals surface area (Å²) < 4.78 is 45.1. The molecule has 1 heterocycles. The summed E-state index contributed by atoms with van der Waals surface area (Å²) in [7, 11) is 0. The third-order valence-corrected chi connectivity index (χ3v) is 7.16. The molecule has 3 aromatic carbocycles. The highest BCUT2D eigenvalue weighted by Crippen LogP contribution is 2.38. The molecule has 4 rings (SSSR count). The first-order valence-corrected chi connectivity index (χ1v) is 13.2. The van der Waals surface area contributed by atoms with Crippen molar-refractivity contribution in [1.29, 1.82) is 0 Å². The fraction of sp³-hybridized carbons (Fsp3) is 0.375. The molecule has 1 N–H and O–H groups in total. The summed E-state index contributed by atoms with van der Waals surface area (Å²) in [5.74, 6) is -0.764. The van der Waals surface area contributed by atoms with Crippen LogP contribution in [0.3, 0.4) is 0 Å². The van der Waals surface area contributed by atoms with E-state index < -0.39 is 29.2 Å². The lowest BCUT2D eigenvalue weighted by Crippen LogP contribution is -2.33. The van der Waals surface area contributed by atoms with Crippen LogP contribution in [0.4, 0.5) is 13.2 Å². The largest absolute Gasteiger partial charge is 0.487 e. The zero-order chi connectivity index (χ0) is 29.3. The van der Waals surface area contributed by atoms with E-state index in [9.17, 15) is 27.9 Å². The third kappa shape index (κ3) is 7.03. The molecule has 5 nitrogen and oxygen atoms in total. The van der Waals surface area contributed by atoms with E-state index >= 15 is 0 Å². The summed E-state index contributed by atoms with van der Waals surface area (Å²) in [4.78, 5) is 26.0. The first-order chi connectivity index (χ1) is 18.6. The van der Waals surface area contributed by atoms with Crippen molar-refractivity contribution in [3.8, 4) is 5.75 Å². The van der Waals surface area contributed by atoms with E-state index in [-0.39, 0.29) is 24.9 Å². The molecule has 0 fully saturated rings. The summed E-state index contributed by atoms with van der Waals surface area (Å²) in [6, 6.07) is 18.2. The van der Waals surface area contributed by atoms with Gasteiger partial charge >= 0.3 is 12.1 Å². The van der Waals surface area contributed by atoms with Gasteiger partial charge in [0.15, 0.2) is 0 Å². The van der Waals surface area contributed by atoms with Gasteiger partial charge in [-0.1, -0.05) is 57.2 Å². The first kappa shape index (κ1) is 29.2. The standard InChI is InChI=1S/C32H34F3NO4/c1-30(2,3)25-10-5-21(6-11-25)18-31(4)19-24-17-23(9-14-27(24)40-31)29(39)36(16-15-28(37)38)20-22-7-12-26(13-8-22)32(33,34)35/h5-14,17H,15-16,18-20H2,1-4H3,(H,37,38)/t31-/m0/s1. The van der Waals surface area contributed by atoms with Crippen LogP contribution >= 0.6 is 0 Å². The van der Waals surface area contributed by atoms with Crippen molar-refractivity contribution in [2.75, 3.05) is 6.54 Å². The number of carboxylic acid groups (broad SMARTS) is 1. The second kappa shape index (κ2) is 11.0. The summed E-state index contributed by atoms with van der Waals surface area (Å²) in [5, 5.41) is 9.19. The Kier molecular flexibility index (Phi) is 8.01. The fourth-order valence-electron chi connectivity index (χ4n) is 4.99. The van der Waals surface area contributed by atoms with Gasteiger partial charge < -0.3 is 14.7 Å². The van der Waals surface area contributed by atoms with Gasteiger partial charge in [0.2, 0.25) is 0 Å². The molecule has 0 unspecified atom stereocenters. The number of aliphatic carboxylic acids is 1. The Morgan fingerprint density at radius 1 is 0.925 bits per heavy atom. The number of rotatable bonds is 8. The molecule has 0 saturated carbocycles. The number of carbonyl (C=O) groups is 2. The molecule has 1 aliphatic heterocycles. The molecule has 0 aromatic heterocycles. The minimum Gasteiger partial charge on any atom is -0.487 e. The van der Waals surface area contributed by atoms with Crippen LogP contribution in [0.25, 0.3) is 0 Å². The number of nitrogens with zero attached hydrogens (tertiary/aromatic N) is 1. The lowest BCUT2D eigenvalue weighted by atomic mass is 9.85. The molecular formula is C32H34F3NO4. The van der Waals surface area contributed by atoms with Gasteiger partial charge in [0.1, 0.15) is 11.4 Å².